The van der Waals surface area contributed by atoms with Crippen LogP contribution >= 0.6 is 0 Å². The van der Waals surface area contributed by atoms with E-state index in [0.717, 1.165) is 0 Å². The standard InChI is InChI=1S/C15H22F2N2O2S/c1-9(19-22(21)15(3,4)5)11-6-12(14(16)17)8-13(7-11)18-10(2)20/h6-9,14,19H,1-5H3,(H,18,20)/t9-,22?/m0/s1. The summed E-state index contributed by atoms with van der Waals surface area (Å²) in [6.45, 7) is 8.51. The summed E-state index contributed by atoms with van der Waals surface area (Å²) in [7, 11) is 0. The van der Waals surface area contributed by atoms with Crippen molar-refractivity contribution in [2.75, 3.05) is 5.32 Å². The number of anilines is 1. The van der Waals surface area contributed by atoms with Crippen LogP contribution in [-0.4, -0.2) is 15.2 Å². The van der Waals surface area contributed by atoms with Crippen molar-refractivity contribution in [3.63, 3.8) is 0 Å². The van der Waals surface area contributed by atoms with Crippen LogP contribution in [0.5, 0.6) is 0 Å². The fourth-order valence-electron chi connectivity index (χ4n) is 1.73. The molecule has 0 fully saturated rings. The first-order chi connectivity index (χ1) is 10.0. The summed E-state index contributed by atoms with van der Waals surface area (Å²) in [5.74, 6) is -0.337. The summed E-state index contributed by atoms with van der Waals surface area (Å²) in [6, 6.07) is 3.80. The molecule has 1 unspecified atom stereocenters. The Morgan fingerprint density at radius 2 is 1.77 bits per heavy atom. The van der Waals surface area contributed by atoms with E-state index in [1.165, 1.54) is 19.1 Å². The molecule has 0 aromatic heterocycles. The predicted octanol–water partition coefficient (Wildman–Crippen LogP) is 3.70. The van der Waals surface area contributed by atoms with Crippen LogP contribution in [0.3, 0.4) is 0 Å². The molecule has 0 bridgehead atoms. The summed E-state index contributed by atoms with van der Waals surface area (Å²) < 4.78 is 40.5. The van der Waals surface area contributed by atoms with Gasteiger partial charge in [0.2, 0.25) is 5.91 Å². The van der Waals surface area contributed by atoms with Gasteiger partial charge in [0.15, 0.2) is 0 Å². The van der Waals surface area contributed by atoms with Crippen molar-refractivity contribution in [3.05, 3.63) is 29.3 Å². The van der Waals surface area contributed by atoms with E-state index in [0.29, 0.717) is 11.3 Å². The zero-order valence-electron chi connectivity index (χ0n) is 13.4. The summed E-state index contributed by atoms with van der Waals surface area (Å²) in [4.78, 5) is 11.1. The van der Waals surface area contributed by atoms with Gasteiger partial charge in [0.1, 0.15) is 4.75 Å². The second-order valence-electron chi connectivity index (χ2n) is 6.09. The lowest BCUT2D eigenvalue weighted by Crippen LogP contribution is -2.40. The molecular formula is C15H22F2N2O2S. The molecule has 1 rings (SSSR count). The van der Waals surface area contributed by atoms with E-state index < -0.39 is 28.6 Å². The zero-order chi connectivity index (χ0) is 17.1. The maximum Gasteiger partial charge on any atom is 0.263 e. The quantitative estimate of drug-likeness (QED) is 0.808. The van der Waals surface area contributed by atoms with E-state index in [1.54, 1.807) is 13.0 Å². The number of hydrogen-bond acceptors (Lipinski definition) is 3. The highest BCUT2D eigenvalue weighted by molar-refractivity contribution is 7.90. The Morgan fingerprint density at radius 3 is 2.23 bits per heavy atom. The minimum atomic E-state index is -2.65. The lowest BCUT2D eigenvalue weighted by molar-refractivity contribution is -0.114. The molecule has 4 nitrogen and oxygen atoms in total. The van der Waals surface area contributed by atoms with Gasteiger partial charge >= 0.3 is 0 Å². The molecule has 0 spiro atoms. The van der Waals surface area contributed by atoms with Gasteiger partial charge in [-0.05, 0) is 51.5 Å². The van der Waals surface area contributed by atoms with E-state index >= 15 is 0 Å². The van der Waals surface area contributed by atoms with Gasteiger partial charge in [-0.2, -0.15) is 0 Å². The van der Waals surface area contributed by atoms with Crippen LogP contribution in [0.25, 0.3) is 0 Å². The smallest absolute Gasteiger partial charge is 0.263 e. The van der Waals surface area contributed by atoms with E-state index in [4.69, 9.17) is 0 Å². The number of halogens is 2. The molecule has 7 heteroatoms. The Kier molecular flexibility index (Phi) is 6.34. The highest BCUT2D eigenvalue weighted by Gasteiger charge is 2.28. The van der Waals surface area contributed by atoms with Crippen LogP contribution in [0.4, 0.5) is 14.5 Å². The van der Waals surface area contributed by atoms with Crippen molar-refractivity contribution in [1.29, 1.82) is 0 Å². The van der Waals surface area contributed by atoms with E-state index in [1.807, 2.05) is 20.8 Å². The van der Waals surface area contributed by atoms with E-state index in [9.17, 15) is 18.1 Å². The fraction of sp³-hybridized carbons (Fsp3) is 0.533. The number of carbonyl (C=O) groups excluding carboxylic acids is 1. The lowest BCUT2D eigenvalue weighted by atomic mass is 10.0. The molecule has 2 atom stereocenters. The molecule has 0 radical (unpaired) electrons. The second-order valence-corrected chi connectivity index (χ2v) is 8.09. The van der Waals surface area contributed by atoms with Crippen molar-refractivity contribution < 1.29 is 18.1 Å². The molecule has 2 N–H and O–H groups in total. The minimum absolute atomic E-state index is 0.184. The Hall–Kier alpha value is -1.18. The molecule has 124 valence electrons. The van der Waals surface area contributed by atoms with Gasteiger partial charge in [0.25, 0.3) is 6.43 Å². The van der Waals surface area contributed by atoms with Crippen LogP contribution in [0.1, 0.15) is 58.2 Å². The topological polar surface area (TPSA) is 64.2 Å². The van der Waals surface area contributed by atoms with Gasteiger partial charge in [-0.25, -0.2) is 8.78 Å². The van der Waals surface area contributed by atoms with Gasteiger partial charge in [-0.15, -0.1) is 4.72 Å². The molecule has 1 aromatic rings. The molecule has 1 aromatic carbocycles. The van der Waals surface area contributed by atoms with Crippen molar-refractivity contribution in [1.82, 2.24) is 4.72 Å². The first kappa shape index (κ1) is 18.9. The summed E-state index contributed by atoms with van der Waals surface area (Å²) in [5, 5.41) is 2.50. The lowest BCUT2D eigenvalue weighted by Gasteiger charge is -2.27. The average molecular weight is 332 g/mol. The summed E-state index contributed by atoms with van der Waals surface area (Å²) in [5.41, 5.74) is 0.658. The highest BCUT2D eigenvalue weighted by Crippen LogP contribution is 2.28. The van der Waals surface area contributed by atoms with E-state index in [-0.39, 0.29) is 11.5 Å². The third-order valence-corrected chi connectivity index (χ3v) is 4.57. The molecule has 0 aliphatic carbocycles. The average Bonchev–Trinajstić information content (AvgIpc) is 2.36. The molecule has 0 saturated carbocycles. The molecule has 0 saturated heterocycles. The number of benzene rings is 1. The highest BCUT2D eigenvalue weighted by atomic mass is 32.2. The van der Waals surface area contributed by atoms with Gasteiger partial charge in [0.05, 0.1) is 6.04 Å². The number of nitrogens with one attached hydrogen (secondary N) is 2. The minimum Gasteiger partial charge on any atom is -0.598 e. The van der Waals surface area contributed by atoms with Crippen molar-refractivity contribution in [2.24, 2.45) is 0 Å². The molecule has 0 aliphatic heterocycles. The molecule has 0 heterocycles. The SMILES string of the molecule is CC(=O)Nc1cc(C(F)F)cc([C@H](C)N[S+]([O-])C(C)(C)C)c1. The number of rotatable bonds is 5. The Labute approximate surface area is 133 Å². The number of alkyl halides is 2. The Bertz CT molecular complexity index is 533. The third-order valence-electron chi connectivity index (χ3n) is 2.89. The van der Waals surface area contributed by atoms with Crippen LogP contribution in [0.2, 0.25) is 0 Å². The molecule has 1 amide bonds. The van der Waals surface area contributed by atoms with E-state index in [2.05, 4.69) is 10.0 Å². The maximum atomic E-state index is 13.0. The predicted molar refractivity (Wildman–Crippen MR) is 85.1 cm³/mol. The maximum absolute atomic E-state index is 13.0. The molecule has 0 aliphatic rings. The van der Waals surface area contributed by atoms with Crippen molar-refractivity contribution >= 4 is 23.0 Å². The monoisotopic (exact) mass is 332 g/mol. The van der Waals surface area contributed by atoms with Gasteiger partial charge < -0.3 is 9.87 Å². The largest absolute Gasteiger partial charge is 0.598 e. The summed E-state index contributed by atoms with van der Waals surface area (Å²) >= 11 is -1.33. The molecule has 22 heavy (non-hydrogen) atoms. The van der Waals surface area contributed by atoms with Crippen LogP contribution in [-0.2, 0) is 16.2 Å². The van der Waals surface area contributed by atoms with Gasteiger partial charge in [0, 0.05) is 29.5 Å². The molecular weight excluding hydrogens is 310 g/mol. The van der Waals surface area contributed by atoms with Gasteiger partial charge in [-0.1, -0.05) is 0 Å². The van der Waals surface area contributed by atoms with Crippen LogP contribution in [0.15, 0.2) is 18.2 Å². The first-order valence-corrected chi connectivity index (χ1v) is 8.04. The normalized spacial score (nSPS) is 14.8. The second kappa shape index (κ2) is 7.39. The Morgan fingerprint density at radius 1 is 1.23 bits per heavy atom. The first-order valence-electron chi connectivity index (χ1n) is 6.89. The Balaban J connectivity index is 3.06. The van der Waals surface area contributed by atoms with Crippen LogP contribution < -0.4 is 10.0 Å². The zero-order valence-corrected chi connectivity index (χ0v) is 14.2. The third kappa shape index (κ3) is 5.55. The van der Waals surface area contributed by atoms with Crippen LogP contribution in [0, 0.1) is 0 Å². The van der Waals surface area contributed by atoms with Crippen molar-refractivity contribution in [3.8, 4) is 0 Å². The number of hydrogen-bond donors (Lipinski definition) is 2. The fourth-order valence-corrected chi connectivity index (χ4v) is 2.54. The van der Waals surface area contributed by atoms with Crippen molar-refractivity contribution in [2.45, 2.75) is 51.8 Å². The number of amides is 1. The summed E-state index contributed by atoms with van der Waals surface area (Å²) in [6.07, 6.45) is -2.65. The van der Waals surface area contributed by atoms with Gasteiger partial charge in [-0.3, -0.25) is 4.79 Å². The number of carbonyl (C=O) groups is 1.